The Labute approximate surface area is 149 Å². The lowest BCUT2D eigenvalue weighted by atomic mass is 10.1. The molecule has 1 amide bonds. The molecular weight excluding hydrogens is 334 g/mol. The fourth-order valence-corrected chi connectivity index (χ4v) is 4.14. The zero-order valence-electron chi connectivity index (χ0n) is 14.0. The van der Waals surface area contributed by atoms with Crippen LogP contribution < -0.4 is 16.0 Å². The van der Waals surface area contributed by atoms with Crippen LogP contribution in [-0.4, -0.2) is 29.0 Å². The Bertz CT molecular complexity index is 946. The fourth-order valence-electron chi connectivity index (χ4n) is 3.20. The number of carbonyl (C=O) groups excluding carboxylic acids is 1. The highest BCUT2D eigenvalue weighted by Crippen LogP contribution is 2.35. The van der Waals surface area contributed by atoms with Gasteiger partial charge < -0.3 is 16.0 Å². The van der Waals surface area contributed by atoms with Crippen LogP contribution in [-0.2, 0) is 0 Å². The number of nitrogens with one attached hydrogen (secondary N) is 1. The van der Waals surface area contributed by atoms with Crippen LogP contribution in [0.4, 0.5) is 17.2 Å². The number of nitrogens with zero attached hydrogens (tertiary/aromatic N) is 3. The van der Waals surface area contributed by atoms with Crippen LogP contribution in [0.15, 0.2) is 29.9 Å². The van der Waals surface area contributed by atoms with E-state index in [1.165, 1.54) is 0 Å². The van der Waals surface area contributed by atoms with Crippen molar-refractivity contribution in [2.45, 2.75) is 19.8 Å². The zero-order chi connectivity index (χ0) is 17.4. The molecule has 0 spiro atoms. The Balaban J connectivity index is 1.77. The summed E-state index contributed by atoms with van der Waals surface area (Å²) in [4.78, 5) is 22.7. The second-order valence-corrected chi connectivity index (χ2v) is 7.11. The van der Waals surface area contributed by atoms with Gasteiger partial charge in [0.1, 0.15) is 6.33 Å². The van der Waals surface area contributed by atoms with Gasteiger partial charge in [-0.15, -0.1) is 11.3 Å². The number of benzene rings is 1. The van der Waals surface area contributed by atoms with Gasteiger partial charge in [0.25, 0.3) is 0 Å². The highest BCUT2D eigenvalue weighted by Gasteiger charge is 2.19. The first kappa shape index (κ1) is 15.8. The molecule has 2 aromatic heterocycles. The average molecular weight is 353 g/mol. The first-order valence-electron chi connectivity index (χ1n) is 8.28. The number of amides is 1. The van der Waals surface area contributed by atoms with Gasteiger partial charge in [0.05, 0.1) is 21.6 Å². The molecule has 1 aromatic carbocycles. The van der Waals surface area contributed by atoms with Crippen LogP contribution in [0.3, 0.4) is 0 Å². The Morgan fingerprint density at radius 2 is 2.08 bits per heavy atom. The van der Waals surface area contributed by atoms with E-state index >= 15 is 0 Å². The predicted octanol–water partition coefficient (Wildman–Crippen LogP) is 3.44. The Morgan fingerprint density at radius 3 is 2.84 bits per heavy atom. The van der Waals surface area contributed by atoms with Crippen LogP contribution in [0.25, 0.3) is 10.2 Å². The number of fused-ring (bicyclic) bond motifs is 1. The summed E-state index contributed by atoms with van der Waals surface area (Å²) < 4.78 is 1.03. The number of carbonyl (C=O) groups is 1. The van der Waals surface area contributed by atoms with Crippen LogP contribution in [0.5, 0.6) is 0 Å². The quantitative estimate of drug-likeness (QED) is 0.750. The lowest BCUT2D eigenvalue weighted by molar-refractivity contribution is 0.100. The minimum absolute atomic E-state index is 0.412. The molecule has 0 saturated carbocycles. The van der Waals surface area contributed by atoms with Crippen molar-refractivity contribution >= 4 is 44.7 Å². The molecule has 0 unspecified atom stereocenters. The topological polar surface area (TPSA) is 84.1 Å². The Kier molecular flexibility index (Phi) is 4.01. The zero-order valence-corrected chi connectivity index (χ0v) is 14.8. The van der Waals surface area contributed by atoms with Crippen molar-refractivity contribution in [1.29, 1.82) is 0 Å². The minimum atomic E-state index is -0.412. The Hall–Kier alpha value is -2.67. The molecule has 7 heteroatoms. The number of aromatic nitrogens is 2. The van der Waals surface area contributed by atoms with Crippen molar-refractivity contribution in [3.63, 3.8) is 0 Å². The summed E-state index contributed by atoms with van der Waals surface area (Å²) in [5.74, 6) is 0.376. The molecule has 1 aliphatic rings. The molecule has 3 N–H and O–H groups in total. The van der Waals surface area contributed by atoms with Crippen LogP contribution in [0, 0.1) is 6.92 Å². The van der Waals surface area contributed by atoms with E-state index in [0.29, 0.717) is 5.56 Å². The Morgan fingerprint density at radius 1 is 1.28 bits per heavy atom. The van der Waals surface area contributed by atoms with Crippen LogP contribution in [0.1, 0.15) is 28.8 Å². The first-order chi connectivity index (χ1) is 12.1. The van der Waals surface area contributed by atoms with E-state index in [1.807, 2.05) is 19.1 Å². The van der Waals surface area contributed by atoms with Crippen molar-refractivity contribution < 1.29 is 4.79 Å². The number of thiophene rings is 1. The molecule has 0 bridgehead atoms. The molecule has 6 nitrogen and oxygen atoms in total. The monoisotopic (exact) mass is 353 g/mol. The van der Waals surface area contributed by atoms with E-state index in [0.717, 1.165) is 58.9 Å². The van der Waals surface area contributed by atoms with Gasteiger partial charge in [-0.2, -0.15) is 0 Å². The lowest BCUT2D eigenvalue weighted by Crippen LogP contribution is -2.20. The standard InChI is InChI=1S/C18H19N5OS/c1-11-9-25-16-15(11)20-10-21-18(16)22-13-5-4-12(17(19)24)8-14(13)23-6-2-3-7-23/h4-5,8-10H,2-3,6-7H2,1H3,(H2,19,24)(H,20,21,22). The second kappa shape index (κ2) is 6.33. The molecule has 1 aliphatic heterocycles. The molecule has 1 saturated heterocycles. The van der Waals surface area contributed by atoms with E-state index in [1.54, 1.807) is 23.7 Å². The number of hydrogen-bond donors (Lipinski definition) is 2. The van der Waals surface area contributed by atoms with Crippen molar-refractivity contribution in [3.8, 4) is 0 Å². The molecule has 4 rings (SSSR count). The first-order valence-corrected chi connectivity index (χ1v) is 9.16. The molecule has 3 aromatic rings. The number of primary amides is 1. The summed E-state index contributed by atoms with van der Waals surface area (Å²) in [5, 5.41) is 5.52. The molecule has 0 aliphatic carbocycles. The van der Waals surface area contributed by atoms with Gasteiger partial charge in [-0.3, -0.25) is 4.79 Å². The largest absolute Gasteiger partial charge is 0.370 e. The van der Waals surface area contributed by atoms with Crippen molar-refractivity contribution in [3.05, 3.63) is 41.0 Å². The van der Waals surface area contributed by atoms with Gasteiger partial charge in [-0.1, -0.05) is 0 Å². The molecule has 128 valence electrons. The third kappa shape index (κ3) is 2.91. The van der Waals surface area contributed by atoms with Crippen molar-refractivity contribution in [1.82, 2.24) is 9.97 Å². The van der Waals surface area contributed by atoms with E-state index in [-0.39, 0.29) is 0 Å². The lowest BCUT2D eigenvalue weighted by Gasteiger charge is -2.22. The van der Waals surface area contributed by atoms with Gasteiger partial charge in [-0.25, -0.2) is 9.97 Å². The fraction of sp³-hybridized carbons (Fsp3) is 0.278. The number of nitrogens with two attached hydrogens (primary N) is 1. The number of hydrogen-bond acceptors (Lipinski definition) is 6. The SMILES string of the molecule is Cc1csc2c(Nc3ccc(C(N)=O)cc3N3CCCC3)ncnc12. The van der Waals surface area contributed by atoms with E-state index < -0.39 is 5.91 Å². The van der Waals surface area contributed by atoms with Crippen molar-refractivity contribution in [2.75, 3.05) is 23.3 Å². The number of rotatable bonds is 4. The summed E-state index contributed by atoms with van der Waals surface area (Å²) in [5.41, 5.74) is 10.0. The maximum atomic E-state index is 11.6. The summed E-state index contributed by atoms with van der Waals surface area (Å²) in [7, 11) is 0. The summed E-state index contributed by atoms with van der Waals surface area (Å²) >= 11 is 1.63. The molecule has 0 atom stereocenters. The highest BCUT2D eigenvalue weighted by atomic mass is 32.1. The highest BCUT2D eigenvalue weighted by molar-refractivity contribution is 7.18. The molecule has 25 heavy (non-hydrogen) atoms. The van der Waals surface area contributed by atoms with Gasteiger partial charge >= 0.3 is 0 Å². The van der Waals surface area contributed by atoms with Crippen LogP contribution in [0.2, 0.25) is 0 Å². The molecule has 1 fully saturated rings. The smallest absolute Gasteiger partial charge is 0.248 e. The summed E-state index contributed by atoms with van der Waals surface area (Å²) in [6.45, 7) is 4.01. The summed E-state index contributed by atoms with van der Waals surface area (Å²) in [6, 6.07) is 5.53. The van der Waals surface area contributed by atoms with Gasteiger partial charge in [0.2, 0.25) is 5.91 Å². The van der Waals surface area contributed by atoms with E-state index in [4.69, 9.17) is 5.73 Å². The van der Waals surface area contributed by atoms with E-state index in [9.17, 15) is 4.79 Å². The number of aryl methyl sites for hydroxylation is 1. The summed E-state index contributed by atoms with van der Waals surface area (Å²) in [6.07, 6.45) is 3.89. The predicted molar refractivity (Wildman–Crippen MR) is 102 cm³/mol. The second-order valence-electron chi connectivity index (χ2n) is 6.23. The average Bonchev–Trinajstić information content (AvgIpc) is 3.26. The third-order valence-electron chi connectivity index (χ3n) is 4.51. The maximum absolute atomic E-state index is 11.6. The van der Waals surface area contributed by atoms with Gasteiger partial charge in [0.15, 0.2) is 5.82 Å². The number of anilines is 3. The molecule has 3 heterocycles. The van der Waals surface area contributed by atoms with Crippen molar-refractivity contribution in [2.24, 2.45) is 5.73 Å². The van der Waals surface area contributed by atoms with Gasteiger partial charge in [0, 0.05) is 18.7 Å². The maximum Gasteiger partial charge on any atom is 0.248 e. The molecule has 0 radical (unpaired) electrons. The van der Waals surface area contributed by atoms with Gasteiger partial charge in [-0.05, 0) is 48.9 Å². The third-order valence-corrected chi connectivity index (χ3v) is 5.61. The van der Waals surface area contributed by atoms with E-state index in [2.05, 4.69) is 25.6 Å². The molecular formula is C18H19N5OS. The minimum Gasteiger partial charge on any atom is -0.370 e. The van der Waals surface area contributed by atoms with Crippen LogP contribution >= 0.6 is 11.3 Å². The normalized spacial score (nSPS) is 14.2.